The largest absolute Gasteiger partial charge is 0.445 e. The number of nitrogens with zero attached hydrogens (tertiary/aromatic N) is 1. The summed E-state index contributed by atoms with van der Waals surface area (Å²) in [4.78, 5) is 15.4. The van der Waals surface area contributed by atoms with E-state index in [9.17, 15) is 9.18 Å². The van der Waals surface area contributed by atoms with Gasteiger partial charge in [0.15, 0.2) is 0 Å². The van der Waals surface area contributed by atoms with E-state index >= 15 is 0 Å². The summed E-state index contributed by atoms with van der Waals surface area (Å²) in [5, 5.41) is 3.28. The van der Waals surface area contributed by atoms with Gasteiger partial charge in [0.05, 0.1) is 6.04 Å². The summed E-state index contributed by atoms with van der Waals surface area (Å²) in [6, 6.07) is 13.1. The van der Waals surface area contributed by atoms with E-state index in [2.05, 4.69) is 28.4 Å². The lowest BCUT2D eigenvalue weighted by Crippen LogP contribution is -2.53. The minimum atomic E-state index is -0.268. The molecule has 4 nitrogen and oxygen atoms in total. The van der Waals surface area contributed by atoms with Crippen LogP contribution < -0.4 is 5.32 Å². The van der Waals surface area contributed by atoms with Crippen LogP contribution in [0.15, 0.2) is 42.5 Å². The Labute approximate surface area is 182 Å². The quantitative estimate of drug-likeness (QED) is 0.753. The third kappa shape index (κ3) is 3.53. The minimum Gasteiger partial charge on any atom is -0.445 e. The van der Waals surface area contributed by atoms with Gasteiger partial charge in [-0.25, -0.2) is 9.18 Å². The van der Waals surface area contributed by atoms with E-state index in [0.29, 0.717) is 5.92 Å². The lowest BCUT2D eigenvalue weighted by molar-refractivity contribution is -0.0347. The van der Waals surface area contributed by atoms with Crippen molar-refractivity contribution in [3.8, 4) is 11.1 Å². The molecule has 2 atom stereocenters. The van der Waals surface area contributed by atoms with Crippen molar-refractivity contribution < 1.29 is 13.9 Å². The Morgan fingerprint density at radius 3 is 2.45 bits per heavy atom. The number of fused-ring (bicyclic) bond motifs is 4. The fraction of sp³-hybridized carbons (Fsp3) is 0.500. The molecule has 2 aliphatic carbocycles. The number of alkyl carbamates (subject to hydrolysis) is 1. The Hall–Kier alpha value is -2.40. The van der Waals surface area contributed by atoms with Gasteiger partial charge in [-0.3, -0.25) is 4.90 Å². The summed E-state index contributed by atoms with van der Waals surface area (Å²) < 4.78 is 19.3. The first kappa shape index (κ1) is 19.3. The van der Waals surface area contributed by atoms with Gasteiger partial charge in [-0.05, 0) is 103 Å². The first-order valence-corrected chi connectivity index (χ1v) is 11.7. The number of piperidine rings is 3. The van der Waals surface area contributed by atoms with Gasteiger partial charge >= 0.3 is 6.09 Å². The second-order valence-corrected chi connectivity index (χ2v) is 9.94. The smallest absolute Gasteiger partial charge is 0.407 e. The molecule has 0 aromatic heterocycles. The van der Waals surface area contributed by atoms with Gasteiger partial charge in [0.1, 0.15) is 11.9 Å². The lowest BCUT2D eigenvalue weighted by Gasteiger charge is -2.44. The molecule has 1 spiro atoms. The Morgan fingerprint density at radius 1 is 1.03 bits per heavy atom. The van der Waals surface area contributed by atoms with E-state index in [-0.39, 0.29) is 29.5 Å². The topological polar surface area (TPSA) is 41.6 Å². The van der Waals surface area contributed by atoms with Crippen LogP contribution in [0.5, 0.6) is 0 Å². The van der Waals surface area contributed by atoms with Crippen LogP contribution >= 0.6 is 0 Å². The summed E-state index contributed by atoms with van der Waals surface area (Å²) in [6.07, 6.45) is 6.48. The van der Waals surface area contributed by atoms with Gasteiger partial charge in [0.2, 0.25) is 0 Å². The van der Waals surface area contributed by atoms with Crippen molar-refractivity contribution in [1.82, 2.24) is 10.2 Å². The number of amides is 1. The van der Waals surface area contributed by atoms with Crippen LogP contribution in [-0.2, 0) is 11.2 Å². The van der Waals surface area contributed by atoms with Crippen LogP contribution in [0.2, 0.25) is 0 Å². The number of hydrogen-bond acceptors (Lipinski definition) is 3. The number of ether oxygens (including phenoxy) is 1. The van der Waals surface area contributed by atoms with Gasteiger partial charge in [-0.1, -0.05) is 24.3 Å². The molecule has 162 valence electrons. The number of halogens is 1. The number of carbonyl (C=O) groups is 1. The van der Waals surface area contributed by atoms with Crippen molar-refractivity contribution in [2.45, 2.75) is 50.7 Å². The van der Waals surface area contributed by atoms with Crippen molar-refractivity contribution in [3.05, 3.63) is 59.4 Å². The second kappa shape index (κ2) is 7.33. The van der Waals surface area contributed by atoms with E-state index < -0.39 is 0 Å². The third-order valence-corrected chi connectivity index (χ3v) is 8.15. The van der Waals surface area contributed by atoms with E-state index in [4.69, 9.17) is 4.74 Å². The average Bonchev–Trinajstić information content (AvgIpc) is 3.57. The Kier molecular flexibility index (Phi) is 4.57. The molecule has 2 aromatic carbocycles. The maximum atomic E-state index is 13.4. The number of benzene rings is 2. The van der Waals surface area contributed by atoms with Crippen molar-refractivity contribution in [3.63, 3.8) is 0 Å². The summed E-state index contributed by atoms with van der Waals surface area (Å²) >= 11 is 0. The summed E-state index contributed by atoms with van der Waals surface area (Å²) in [5.41, 5.74) is 4.73. The van der Waals surface area contributed by atoms with Crippen LogP contribution in [0.3, 0.4) is 0 Å². The highest BCUT2D eigenvalue weighted by Gasteiger charge is 2.53. The maximum absolute atomic E-state index is 13.4. The molecule has 1 amide bonds. The van der Waals surface area contributed by atoms with Gasteiger partial charge in [0, 0.05) is 6.54 Å². The summed E-state index contributed by atoms with van der Waals surface area (Å²) in [6.45, 7) is 3.15. The first-order chi connectivity index (χ1) is 15.1. The Balaban J connectivity index is 1.25. The van der Waals surface area contributed by atoms with E-state index in [0.717, 1.165) is 69.3 Å². The number of rotatable bonds is 3. The van der Waals surface area contributed by atoms with Gasteiger partial charge < -0.3 is 10.1 Å². The number of carbonyl (C=O) groups excluding carboxylic acids is 1. The zero-order chi connectivity index (χ0) is 21.0. The van der Waals surface area contributed by atoms with Crippen LogP contribution in [0.1, 0.15) is 49.3 Å². The van der Waals surface area contributed by atoms with E-state index in [1.807, 2.05) is 12.1 Å². The molecule has 31 heavy (non-hydrogen) atoms. The lowest BCUT2D eigenvalue weighted by atomic mass is 9.76. The summed E-state index contributed by atoms with van der Waals surface area (Å²) in [7, 11) is 0. The molecule has 4 fully saturated rings. The molecule has 1 saturated carbocycles. The predicted octanol–water partition coefficient (Wildman–Crippen LogP) is 5.08. The molecule has 3 aliphatic heterocycles. The Morgan fingerprint density at radius 2 is 1.77 bits per heavy atom. The maximum Gasteiger partial charge on any atom is 0.407 e. The van der Waals surface area contributed by atoms with E-state index in [1.165, 1.54) is 23.3 Å². The highest BCUT2D eigenvalue weighted by atomic mass is 19.1. The molecule has 5 aliphatic rings. The van der Waals surface area contributed by atoms with Crippen LogP contribution in [0.4, 0.5) is 9.18 Å². The molecule has 5 heteroatoms. The fourth-order valence-electron chi connectivity index (χ4n) is 6.03. The number of aryl methyl sites for hydroxylation is 1. The van der Waals surface area contributed by atoms with Crippen molar-refractivity contribution >= 4 is 6.09 Å². The zero-order valence-electron chi connectivity index (χ0n) is 17.8. The van der Waals surface area contributed by atoms with Crippen molar-refractivity contribution in [2.75, 3.05) is 19.6 Å². The molecule has 3 heterocycles. The molecular weight excluding hydrogens is 391 g/mol. The zero-order valence-corrected chi connectivity index (χ0v) is 17.8. The van der Waals surface area contributed by atoms with Crippen molar-refractivity contribution in [2.24, 2.45) is 11.3 Å². The van der Waals surface area contributed by atoms with Gasteiger partial charge in [0.25, 0.3) is 0 Å². The molecule has 2 aromatic rings. The average molecular weight is 421 g/mol. The monoisotopic (exact) mass is 420 g/mol. The van der Waals surface area contributed by atoms with Crippen LogP contribution in [-0.4, -0.2) is 36.7 Å². The number of nitrogens with one attached hydrogen (secondary N) is 1. The highest BCUT2D eigenvalue weighted by molar-refractivity contribution is 5.70. The molecule has 2 bridgehead atoms. The van der Waals surface area contributed by atoms with E-state index in [1.54, 1.807) is 0 Å². The molecule has 0 radical (unpaired) electrons. The second-order valence-electron chi connectivity index (χ2n) is 9.94. The molecule has 1 N–H and O–H groups in total. The normalized spacial score (nSPS) is 30.0. The van der Waals surface area contributed by atoms with Crippen molar-refractivity contribution in [1.29, 1.82) is 0 Å². The molecular formula is C26H29FN2O2. The van der Waals surface area contributed by atoms with Gasteiger partial charge in [-0.15, -0.1) is 0 Å². The molecule has 7 rings (SSSR count). The van der Waals surface area contributed by atoms with Gasteiger partial charge in [-0.2, -0.15) is 0 Å². The predicted molar refractivity (Wildman–Crippen MR) is 117 cm³/mol. The van der Waals surface area contributed by atoms with Crippen LogP contribution in [0, 0.1) is 17.2 Å². The highest BCUT2D eigenvalue weighted by Crippen LogP contribution is 2.61. The fourth-order valence-corrected chi connectivity index (χ4v) is 6.03. The third-order valence-electron chi connectivity index (χ3n) is 8.15. The minimum absolute atomic E-state index is 0.00904. The standard InChI is InChI=1S/C26H29FN2O2/c27-21-5-3-17(4-6-21)20-2-1-18-7-10-26(11-12-26)24(22(18)15-20)28-25(30)31-23-16-29-13-8-19(23)9-14-29/h1-6,15,19,23-24H,7-14,16H2,(H,28,30)/t23-,24?/m0/s1. The molecule has 1 unspecified atom stereocenters. The first-order valence-electron chi connectivity index (χ1n) is 11.7. The summed E-state index contributed by atoms with van der Waals surface area (Å²) in [5.74, 6) is 0.281. The van der Waals surface area contributed by atoms with Crippen LogP contribution in [0.25, 0.3) is 11.1 Å². The Bertz CT molecular complexity index is 993. The SMILES string of the molecule is O=C(NC1c2cc(-c3ccc(F)cc3)ccc2CCC12CC2)O[C@H]1CN2CCC1CC2. The number of hydrogen-bond donors (Lipinski definition) is 1. The molecule has 3 saturated heterocycles.